The van der Waals surface area contributed by atoms with Gasteiger partial charge in [0.05, 0.1) is 41.0 Å². The molecule has 0 bridgehead atoms. The number of alkyl halides is 2. The molecule has 3 aromatic heterocycles. The van der Waals surface area contributed by atoms with Crippen LogP contribution in [0.5, 0.6) is 0 Å². The van der Waals surface area contributed by atoms with Crippen LogP contribution >= 0.6 is 0 Å². The summed E-state index contributed by atoms with van der Waals surface area (Å²) in [5.41, 5.74) is 5.74. The Hall–Kier alpha value is -3.40. The van der Waals surface area contributed by atoms with Crippen molar-refractivity contribution in [3.63, 3.8) is 0 Å². The van der Waals surface area contributed by atoms with Crippen molar-refractivity contribution in [1.29, 1.82) is 0 Å². The molecule has 2 fully saturated rings. The first-order valence-electron chi connectivity index (χ1n) is 11.8. The number of rotatable bonds is 4. The fraction of sp³-hybridized carbons (Fsp3) is 0.440. The molecule has 1 amide bonds. The van der Waals surface area contributed by atoms with Crippen LogP contribution in [0, 0.1) is 12.8 Å². The molecule has 5 heterocycles. The summed E-state index contributed by atoms with van der Waals surface area (Å²) < 4.78 is 36.2. The standard InChI is InChI=1S/C25H26F2N6O2/c1-15-23(31(2)30-29-15)18-10-21-22(28-11-18)19-4-3-17(24(34)32-13-25(26,27)14-32)9-20(19)33(21)12-16-5-7-35-8-6-16/h3-4,9-11,16H,5-8,12-14H2,1-2H3. The van der Waals surface area contributed by atoms with Crippen LogP contribution in [-0.2, 0) is 18.3 Å². The lowest BCUT2D eigenvalue weighted by Crippen LogP contribution is -2.58. The molecule has 182 valence electrons. The van der Waals surface area contributed by atoms with E-state index in [9.17, 15) is 13.6 Å². The number of benzene rings is 1. The Bertz CT molecular complexity index is 1430. The van der Waals surface area contributed by atoms with Crippen molar-refractivity contribution in [2.45, 2.75) is 32.2 Å². The summed E-state index contributed by atoms with van der Waals surface area (Å²) in [7, 11) is 1.86. The highest BCUT2D eigenvalue weighted by Gasteiger charge is 2.46. The second kappa shape index (κ2) is 8.08. The monoisotopic (exact) mass is 480 g/mol. The van der Waals surface area contributed by atoms with Crippen molar-refractivity contribution in [1.82, 2.24) is 29.4 Å². The Balaban J connectivity index is 1.49. The SMILES string of the molecule is Cc1nnn(C)c1-c1cnc2c3ccc(C(=O)N4CC(F)(F)C4)cc3n(CC3CCOCC3)c2c1. The van der Waals surface area contributed by atoms with Gasteiger partial charge < -0.3 is 14.2 Å². The van der Waals surface area contributed by atoms with E-state index in [0.29, 0.717) is 11.5 Å². The molecular formula is C25H26F2N6O2. The number of ether oxygens (including phenoxy) is 1. The zero-order chi connectivity index (χ0) is 24.3. The summed E-state index contributed by atoms with van der Waals surface area (Å²) in [5.74, 6) is -2.73. The molecular weight excluding hydrogens is 454 g/mol. The molecule has 0 atom stereocenters. The summed E-state index contributed by atoms with van der Waals surface area (Å²) in [4.78, 5) is 18.9. The molecule has 10 heteroatoms. The number of carbonyl (C=O) groups is 1. The lowest BCUT2D eigenvalue weighted by Gasteiger charge is -2.38. The number of amides is 1. The van der Waals surface area contributed by atoms with Crippen LogP contribution in [0.1, 0.15) is 28.9 Å². The van der Waals surface area contributed by atoms with Gasteiger partial charge in [0.2, 0.25) is 0 Å². The molecule has 1 aromatic carbocycles. The smallest absolute Gasteiger partial charge is 0.282 e. The first-order valence-corrected chi connectivity index (χ1v) is 11.8. The fourth-order valence-corrected chi connectivity index (χ4v) is 5.29. The average Bonchev–Trinajstić information content (AvgIpc) is 3.33. The van der Waals surface area contributed by atoms with Crippen LogP contribution in [0.15, 0.2) is 30.5 Å². The van der Waals surface area contributed by atoms with Gasteiger partial charge in [0.15, 0.2) is 0 Å². The zero-order valence-electron chi connectivity index (χ0n) is 19.7. The number of hydrogen-bond donors (Lipinski definition) is 0. The lowest BCUT2D eigenvalue weighted by atomic mass is 10.00. The van der Waals surface area contributed by atoms with E-state index >= 15 is 0 Å². The van der Waals surface area contributed by atoms with E-state index < -0.39 is 19.0 Å². The molecule has 2 saturated heterocycles. The molecule has 0 N–H and O–H groups in total. The van der Waals surface area contributed by atoms with Gasteiger partial charge in [-0.2, -0.15) is 0 Å². The molecule has 35 heavy (non-hydrogen) atoms. The van der Waals surface area contributed by atoms with Gasteiger partial charge in [0.25, 0.3) is 11.8 Å². The van der Waals surface area contributed by atoms with Gasteiger partial charge >= 0.3 is 0 Å². The first-order chi connectivity index (χ1) is 16.8. The third kappa shape index (κ3) is 3.76. The maximum absolute atomic E-state index is 13.4. The van der Waals surface area contributed by atoms with Gasteiger partial charge in [0.1, 0.15) is 0 Å². The van der Waals surface area contributed by atoms with Crippen molar-refractivity contribution in [3.8, 4) is 11.3 Å². The Morgan fingerprint density at radius 3 is 2.63 bits per heavy atom. The van der Waals surface area contributed by atoms with E-state index in [1.807, 2.05) is 32.3 Å². The highest BCUT2D eigenvalue weighted by molar-refractivity contribution is 6.09. The molecule has 6 rings (SSSR count). The third-order valence-electron chi connectivity index (χ3n) is 7.13. The summed E-state index contributed by atoms with van der Waals surface area (Å²) >= 11 is 0. The number of aryl methyl sites for hydroxylation is 2. The van der Waals surface area contributed by atoms with Crippen molar-refractivity contribution in [2.75, 3.05) is 26.3 Å². The van der Waals surface area contributed by atoms with Crippen molar-refractivity contribution >= 4 is 27.8 Å². The van der Waals surface area contributed by atoms with Crippen molar-refractivity contribution in [2.24, 2.45) is 13.0 Å². The van der Waals surface area contributed by atoms with E-state index in [0.717, 1.165) is 71.5 Å². The molecule has 2 aliphatic rings. The second-order valence-electron chi connectivity index (χ2n) is 9.65. The molecule has 2 aliphatic heterocycles. The number of fused-ring (bicyclic) bond motifs is 3. The number of nitrogens with zero attached hydrogens (tertiary/aromatic N) is 6. The Morgan fingerprint density at radius 2 is 1.94 bits per heavy atom. The number of aromatic nitrogens is 5. The number of pyridine rings is 1. The van der Waals surface area contributed by atoms with Crippen LogP contribution in [0.25, 0.3) is 33.2 Å². The maximum Gasteiger partial charge on any atom is 0.282 e. The number of likely N-dealkylation sites (tertiary alicyclic amines) is 1. The molecule has 0 saturated carbocycles. The Kier molecular flexibility index (Phi) is 5.10. The predicted molar refractivity (Wildman–Crippen MR) is 126 cm³/mol. The van der Waals surface area contributed by atoms with E-state index in [2.05, 4.69) is 20.9 Å². The Morgan fingerprint density at radius 1 is 1.17 bits per heavy atom. The first kappa shape index (κ1) is 22.1. The van der Waals surface area contributed by atoms with E-state index in [1.54, 1.807) is 10.7 Å². The van der Waals surface area contributed by atoms with Crippen LogP contribution in [0.4, 0.5) is 8.78 Å². The molecule has 0 spiro atoms. The van der Waals surface area contributed by atoms with E-state index in [1.165, 1.54) is 4.90 Å². The van der Waals surface area contributed by atoms with Gasteiger partial charge in [-0.3, -0.25) is 9.78 Å². The topological polar surface area (TPSA) is 78.1 Å². The highest BCUT2D eigenvalue weighted by Crippen LogP contribution is 2.35. The molecule has 0 radical (unpaired) electrons. The van der Waals surface area contributed by atoms with Crippen molar-refractivity contribution in [3.05, 3.63) is 41.7 Å². The summed E-state index contributed by atoms with van der Waals surface area (Å²) in [6.07, 6.45) is 3.74. The number of halogens is 2. The van der Waals surface area contributed by atoms with Gasteiger partial charge in [0, 0.05) is 49.5 Å². The highest BCUT2D eigenvalue weighted by atomic mass is 19.3. The Labute approximate surface area is 200 Å². The normalized spacial score (nSPS) is 18.3. The van der Waals surface area contributed by atoms with Crippen molar-refractivity contribution < 1.29 is 18.3 Å². The van der Waals surface area contributed by atoms with Gasteiger partial charge in [-0.25, -0.2) is 13.5 Å². The molecule has 0 aliphatic carbocycles. The van der Waals surface area contributed by atoms with Crippen LogP contribution in [-0.4, -0.2) is 67.6 Å². The average molecular weight is 481 g/mol. The lowest BCUT2D eigenvalue weighted by molar-refractivity contribution is -0.113. The van der Waals surface area contributed by atoms with Crippen LogP contribution in [0.3, 0.4) is 0 Å². The van der Waals surface area contributed by atoms with Crippen LogP contribution in [0.2, 0.25) is 0 Å². The maximum atomic E-state index is 13.4. The summed E-state index contributed by atoms with van der Waals surface area (Å²) in [5, 5.41) is 9.23. The van der Waals surface area contributed by atoms with E-state index in [-0.39, 0.29) is 5.91 Å². The van der Waals surface area contributed by atoms with Gasteiger partial charge in [-0.1, -0.05) is 5.21 Å². The fourth-order valence-electron chi connectivity index (χ4n) is 5.29. The minimum Gasteiger partial charge on any atom is -0.381 e. The minimum atomic E-state index is -2.79. The summed E-state index contributed by atoms with van der Waals surface area (Å²) in [6.45, 7) is 3.09. The second-order valence-corrected chi connectivity index (χ2v) is 9.65. The third-order valence-corrected chi connectivity index (χ3v) is 7.13. The van der Waals surface area contributed by atoms with Gasteiger partial charge in [-0.15, -0.1) is 5.10 Å². The molecule has 0 unspecified atom stereocenters. The van der Waals surface area contributed by atoms with E-state index in [4.69, 9.17) is 9.72 Å². The zero-order valence-corrected chi connectivity index (χ0v) is 19.7. The quantitative estimate of drug-likeness (QED) is 0.444. The summed E-state index contributed by atoms with van der Waals surface area (Å²) in [6, 6.07) is 7.52. The largest absolute Gasteiger partial charge is 0.381 e. The molecule has 8 nitrogen and oxygen atoms in total. The number of hydrogen-bond acceptors (Lipinski definition) is 5. The minimum absolute atomic E-state index is 0.370. The van der Waals surface area contributed by atoms with Gasteiger partial charge in [-0.05, 0) is 49.9 Å². The predicted octanol–water partition coefficient (Wildman–Crippen LogP) is 3.81. The van der Waals surface area contributed by atoms with Crippen LogP contribution < -0.4 is 0 Å². The molecule has 4 aromatic rings. The number of carbonyl (C=O) groups excluding carboxylic acids is 1.